The normalized spacial score (nSPS) is 14.0. The maximum Gasteiger partial charge on any atom is 0.363 e. The number of ether oxygens (including phenoxy) is 3. The van der Waals surface area contributed by atoms with E-state index < -0.39 is 10.9 Å². The molecule has 0 aromatic heterocycles. The van der Waals surface area contributed by atoms with E-state index >= 15 is 0 Å². The topological polar surface area (TPSA) is 100 Å². The summed E-state index contributed by atoms with van der Waals surface area (Å²) in [6.07, 6.45) is 1.60. The first-order valence-corrected chi connectivity index (χ1v) is 11.8. The number of esters is 1. The molecule has 35 heavy (non-hydrogen) atoms. The molecule has 0 saturated carbocycles. The van der Waals surface area contributed by atoms with Crippen LogP contribution in [0.5, 0.6) is 11.5 Å². The summed E-state index contributed by atoms with van der Waals surface area (Å²) < 4.78 is 18.2. The summed E-state index contributed by atoms with van der Waals surface area (Å²) in [5.41, 5.74) is 2.80. The Morgan fingerprint density at radius 2 is 1.89 bits per heavy atom. The first kappa shape index (κ1) is 24.4. The lowest BCUT2D eigenvalue weighted by Crippen LogP contribution is -2.06. The molecule has 9 heteroatoms. The Hall–Kier alpha value is -3.73. The number of nitro groups is 1. The van der Waals surface area contributed by atoms with Crippen molar-refractivity contribution in [3.63, 3.8) is 0 Å². The van der Waals surface area contributed by atoms with E-state index in [4.69, 9.17) is 14.2 Å². The smallest absolute Gasteiger partial charge is 0.363 e. The van der Waals surface area contributed by atoms with E-state index in [0.29, 0.717) is 41.4 Å². The van der Waals surface area contributed by atoms with Crippen molar-refractivity contribution in [3.8, 4) is 11.5 Å². The fourth-order valence-electron chi connectivity index (χ4n) is 3.46. The molecule has 0 bridgehead atoms. The molecule has 0 radical (unpaired) electrons. The molecule has 0 N–H and O–H groups in total. The molecule has 8 nitrogen and oxygen atoms in total. The van der Waals surface area contributed by atoms with Gasteiger partial charge in [0.15, 0.2) is 17.2 Å². The minimum Gasteiger partial charge on any atom is -0.490 e. The van der Waals surface area contributed by atoms with E-state index in [1.54, 1.807) is 37.3 Å². The second kappa shape index (κ2) is 10.7. The number of nitro benzene ring substituents is 1. The molecule has 0 spiro atoms. The van der Waals surface area contributed by atoms with Gasteiger partial charge in [-0.15, -0.1) is 0 Å². The van der Waals surface area contributed by atoms with Crippen molar-refractivity contribution in [1.29, 1.82) is 0 Å². The van der Waals surface area contributed by atoms with E-state index in [9.17, 15) is 14.9 Å². The van der Waals surface area contributed by atoms with E-state index in [2.05, 4.69) is 27.6 Å². The van der Waals surface area contributed by atoms with Crippen LogP contribution in [0.15, 0.2) is 71.4 Å². The SMILES string of the molecule is CCOc1cc(/C=C2\N=C(c3ccc([N+](=O)[O-])c(C)c3)OC2=O)ccc1OCc1ccccc1I. The predicted molar refractivity (Wildman–Crippen MR) is 140 cm³/mol. The summed E-state index contributed by atoms with van der Waals surface area (Å²) in [5, 5.41) is 11.0. The number of nitrogens with zero attached hydrogens (tertiary/aromatic N) is 2. The van der Waals surface area contributed by atoms with Gasteiger partial charge in [-0.1, -0.05) is 24.3 Å². The maximum absolute atomic E-state index is 12.4. The number of rotatable bonds is 8. The van der Waals surface area contributed by atoms with Crippen LogP contribution >= 0.6 is 22.6 Å². The second-order valence-corrected chi connectivity index (χ2v) is 8.78. The summed E-state index contributed by atoms with van der Waals surface area (Å²) in [4.78, 5) is 27.3. The van der Waals surface area contributed by atoms with Crippen LogP contribution in [0.2, 0.25) is 0 Å². The Bertz CT molecular complexity index is 1370. The highest BCUT2D eigenvalue weighted by Gasteiger charge is 2.25. The highest BCUT2D eigenvalue weighted by molar-refractivity contribution is 14.1. The number of carbonyl (C=O) groups is 1. The van der Waals surface area contributed by atoms with Crippen molar-refractivity contribution in [1.82, 2.24) is 0 Å². The summed E-state index contributed by atoms with van der Waals surface area (Å²) in [6.45, 7) is 4.34. The summed E-state index contributed by atoms with van der Waals surface area (Å²) in [5.74, 6) is 0.636. The van der Waals surface area contributed by atoms with E-state index in [1.807, 2.05) is 31.2 Å². The Morgan fingerprint density at radius 3 is 2.60 bits per heavy atom. The van der Waals surface area contributed by atoms with E-state index in [-0.39, 0.29) is 17.3 Å². The van der Waals surface area contributed by atoms with Gasteiger partial charge in [0.05, 0.1) is 11.5 Å². The van der Waals surface area contributed by atoms with Crippen molar-refractivity contribution in [2.45, 2.75) is 20.5 Å². The maximum atomic E-state index is 12.4. The largest absolute Gasteiger partial charge is 0.490 e. The molecule has 0 saturated heterocycles. The zero-order valence-electron chi connectivity index (χ0n) is 19.0. The van der Waals surface area contributed by atoms with Gasteiger partial charge >= 0.3 is 5.97 Å². The minimum absolute atomic E-state index is 0.0119. The summed E-state index contributed by atoms with van der Waals surface area (Å²) in [7, 11) is 0. The number of halogens is 1. The second-order valence-electron chi connectivity index (χ2n) is 7.61. The molecule has 0 aliphatic carbocycles. The van der Waals surface area contributed by atoms with Crippen LogP contribution in [-0.2, 0) is 16.1 Å². The van der Waals surface area contributed by atoms with Crippen molar-refractivity contribution in [3.05, 3.63) is 102 Å². The summed E-state index contributed by atoms with van der Waals surface area (Å²) >= 11 is 2.27. The predicted octanol–water partition coefficient (Wildman–Crippen LogP) is 5.83. The van der Waals surface area contributed by atoms with Crippen LogP contribution in [-0.4, -0.2) is 23.4 Å². The third kappa shape index (κ3) is 5.68. The number of aryl methyl sites for hydroxylation is 1. The highest BCUT2D eigenvalue weighted by Crippen LogP contribution is 2.31. The average Bonchev–Trinajstić information content (AvgIpc) is 3.19. The van der Waals surface area contributed by atoms with Crippen LogP contribution in [0.4, 0.5) is 5.69 Å². The molecular formula is C26H21IN2O6. The summed E-state index contributed by atoms with van der Waals surface area (Å²) in [6, 6.07) is 17.8. The quantitative estimate of drug-likeness (QED) is 0.109. The molecule has 4 rings (SSSR count). The lowest BCUT2D eigenvalue weighted by Gasteiger charge is -2.13. The number of cyclic esters (lactones) is 1. The van der Waals surface area contributed by atoms with Gasteiger partial charge in [-0.2, -0.15) is 0 Å². The molecule has 0 fully saturated rings. The molecule has 1 aliphatic heterocycles. The fourth-order valence-corrected chi connectivity index (χ4v) is 4.00. The van der Waals surface area contributed by atoms with Crippen LogP contribution in [0.25, 0.3) is 6.08 Å². The number of hydrogen-bond donors (Lipinski definition) is 0. The van der Waals surface area contributed by atoms with Crippen molar-refractivity contribution < 1.29 is 23.9 Å². The average molecular weight is 584 g/mol. The third-order valence-corrected chi connectivity index (χ3v) is 6.23. The monoisotopic (exact) mass is 584 g/mol. The molecule has 0 amide bonds. The van der Waals surface area contributed by atoms with Crippen molar-refractivity contribution in [2.24, 2.45) is 4.99 Å². The first-order chi connectivity index (χ1) is 16.9. The van der Waals surface area contributed by atoms with Gasteiger partial charge in [-0.05, 0) is 78.4 Å². The molecule has 1 aliphatic rings. The Balaban J connectivity index is 1.57. The number of carbonyl (C=O) groups excluding carboxylic acids is 1. The Morgan fingerprint density at radius 1 is 1.09 bits per heavy atom. The van der Waals surface area contributed by atoms with Gasteiger partial charge in [-0.3, -0.25) is 10.1 Å². The molecule has 178 valence electrons. The van der Waals surface area contributed by atoms with Gasteiger partial charge in [0.25, 0.3) is 5.69 Å². The fraction of sp³-hybridized carbons (Fsp3) is 0.154. The molecule has 0 atom stereocenters. The number of aliphatic imine (C=N–C) groups is 1. The Kier molecular flexibility index (Phi) is 7.45. The lowest BCUT2D eigenvalue weighted by atomic mass is 10.1. The third-order valence-electron chi connectivity index (χ3n) is 5.17. The van der Waals surface area contributed by atoms with Crippen LogP contribution in [0.3, 0.4) is 0 Å². The van der Waals surface area contributed by atoms with Crippen LogP contribution in [0, 0.1) is 20.6 Å². The molecule has 0 unspecified atom stereocenters. The zero-order valence-corrected chi connectivity index (χ0v) is 21.1. The van der Waals surface area contributed by atoms with E-state index in [0.717, 1.165) is 9.13 Å². The first-order valence-electron chi connectivity index (χ1n) is 10.8. The number of hydrogen-bond acceptors (Lipinski definition) is 7. The molecular weight excluding hydrogens is 563 g/mol. The molecule has 3 aromatic rings. The standard InChI is InChI=1S/C26H21IN2O6/c1-3-33-24-14-17(8-11-23(24)34-15-19-6-4-5-7-20(19)27)13-21-26(30)35-25(28-21)18-9-10-22(29(31)32)16(2)12-18/h4-14H,3,15H2,1-2H3/b21-13-. The Labute approximate surface area is 215 Å². The van der Waals surface area contributed by atoms with Gasteiger partial charge < -0.3 is 14.2 Å². The minimum atomic E-state index is -0.604. The van der Waals surface area contributed by atoms with Crippen LogP contribution < -0.4 is 9.47 Å². The van der Waals surface area contributed by atoms with Gasteiger partial charge in [-0.25, -0.2) is 9.79 Å². The molecule has 3 aromatic carbocycles. The van der Waals surface area contributed by atoms with Gasteiger partial charge in [0.2, 0.25) is 5.90 Å². The highest BCUT2D eigenvalue weighted by atomic mass is 127. The number of benzene rings is 3. The van der Waals surface area contributed by atoms with E-state index in [1.165, 1.54) is 12.1 Å². The van der Waals surface area contributed by atoms with Crippen LogP contribution in [0.1, 0.15) is 29.2 Å². The van der Waals surface area contributed by atoms with Crippen molar-refractivity contribution >= 4 is 46.2 Å². The molecule has 1 heterocycles. The van der Waals surface area contributed by atoms with Crippen molar-refractivity contribution in [2.75, 3.05) is 6.61 Å². The van der Waals surface area contributed by atoms with Gasteiger partial charge in [0, 0.05) is 26.3 Å². The van der Waals surface area contributed by atoms with Gasteiger partial charge in [0.1, 0.15) is 6.61 Å². The zero-order chi connectivity index (χ0) is 24.9. The lowest BCUT2D eigenvalue weighted by molar-refractivity contribution is -0.385.